The molecule has 0 aliphatic carbocycles. The lowest BCUT2D eigenvalue weighted by Crippen LogP contribution is -2.26. The van der Waals surface area contributed by atoms with Gasteiger partial charge in [-0.2, -0.15) is 0 Å². The highest BCUT2D eigenvalue weighted by Gasteiger charge is 2.11. The van der Waals surface area contributed by atoms with Gasteiger partial charge < -0.3 is 9.88 Å². The number of aromatic nitrogens is 1. The summed E-state index contributed by atoms with van der Waals surface area (Å²) in [5, 5.41) is 3.01. The molecular weight excluding hydrogens is 316 g/mol. The highest BCUT2D eigenvalue weighted by molar-refractivity contribution is 9.10. The molecule has 4 heteroatoms. The molecule has 3 nitrogen and oxygen atoms in total. The van der Waals surface area contributed by atoms with E-state index in [0.29, 0.717) is 0 Å². The first-order chi connectivity index (χ1) is 9.54. The summed E-state index contributed by atoms with van der Waals surface area (Å²) in [6.45, 7) is 8.15. The average Bonchev–Trinajstić information content (AvgIpc) is 2.78. The molecule has 0 saturated heterocycles. The van der Waals surface area contributed by atoms with Gasteiger partial charge in [0.2, 0.25) is 0 Å². The Hall–Kier alpha value is -0.770. The Morgan fingerprint density at radius 1 is 1.30 bits per heavy atom. The molecule has 0 radical (unpaired) electrons. The second-order valence-corrected chi connectivity index (χ2v) is 6.60. The number of carbonyl (C=O) groups is 1. The molecule has 0 spiro atoms. The Morgan fingerprint density at radius 3 is 2.65 bits per heavy atom. The van der Waals surface area contributed by atoms with Crippen molar-refractivity contribution in [3.05, 3.63) is 22.4 Å². The smallest absolute Gasteiger partial charge is 0.267 e. The van der Waals surface area contributed by atoms with Gasteiger partial charge in [0.15, 0.2) is 0 Å². The molecule has 0 aliphatic heterocycles. The number of carbonyl (C=O) groups excluding carboxylic acids is 1. The first-order valence-electron chi connectivity index (χ1n) is 7.68. The van der Waals surface area contributed by atoms with E-state index in [2.05, 4.69) is 35.1 Å². The summed E-state index contributed by atoms with van der Waals surface area (Å²) in [6.07, 6.45) is 8.09. The maximum absolute atomic E-state index is 12.1. The van der Waals surface area contributed by atoms with Crippen LogP contribution in [0.25, 0.3) is 0 Å². The lowest BCUT2D eigenvalue weighted by molar-refractivity contribution is 0.0944. The number of amides is 1. The van der Waals surface area contributed by atoms with Crippen LogP contribution in [0.3, 0.4) is 0 Å². The Labute approximate surface area is 131 Å². The maximum Gasteiger partial charge on any atom is 0.267 e. The minimum absolute atomic E-state index is 0.0275. The zero-order valence-electron chi connectivity index (χ0n) is 12.9. The van der Waals surface area contributed by atoms with E-state index in [1.165, 1.54) is 25.7 Å². The largest absolute Gasteiger partial charge is 0.351 e. The molecule has 1 aromatic heterocycles. The summed E-state index contributed by atoms with van der Waals surface area (Å²) >= 11 is 3.41. The molecule has 0 aromatic carbocycles. The van der Waals surface area contributed by atoms with Crippen molar-refractivity contribution in [2.75, 3.05) is 6.54 Å². The summed E-state index contributed by atoms with van der Waals surface area (Å²) in [5.74, 6) is 0.828. The van der Waals surface area contributed by atoms with Gasteiger partial charge >= 0.3 is 0 Å². The van der Waals surface area contributed by atoms with Crippen LogP contribution in [0.5, 0.6) is 0 Å². The zero-order chi connectivity index (χ0) is 15.0. The van der Waals surface area contributed by atoms with Gasteiger partial charge in [0.05, 0.1) is 0 Å². The topological polar surface area (TPSA) is 34.0 Å². The minimum Gasteiger partial charge on any atom is -0.351 e. The average molecular weight is 343 g/mol. The molecule has 0 bridgehead atoms. The van der Waals surface area contributed by atoms with Gasteiger partial charge in [-0.1, -0.05) is 39.5 Å². The third-order valence-electron chi connectivity index (χ3n) is 3.43. The standard InChI is InChI=1S/C16H27BrN2O/c1-4-19-12-14(17)11-15(19)16(20)18-10-8-6-5-7-9-13(2)3/h11-13H,4-10H2,1-3H3,(H,18,20). The van der Waals surface area contributed by atoms with Gasteiger partial charge in [0.25, 0.3) is 5.91 Å². The predicted octanol–water partition coefficient (Wildman–Crippen LogP) is 4.61. The van der Waals surface area contributed by atoms with Crippen molar-refractivity contribution >= 4 is 21.8 Å². The normalized spacial score (nSPS) is 11.1. The maximum atomic E-state index is 12.1. The quantitative estimate of drug-likeness (QED) is 0.653. The molecule has 114 valence electrons. The van der Waals surface area contributed by atoms with E-state index in [9.17, 15) is 4.79 Å². The number of hydrogen-bond donors (Lipinski definition) is 1. The number of rotatable bonds is 9. The first-order valence-corrected chi connectivity index (χ1v) is 8.47. The number of unbranched alkanes of at least 4 members (excludes halogenated alkanes) is 3. The molecule has 0 saturated carbocycles. The molecule has 0 fully saturated rings. The highest BCUT2D eigenvalue weighted by Crippen LogP contribution is 2.15. The van der Waals surface area contributed by atoms with Crippen molar-refractivity contribution in [2.45, 2.75) is 59.4 Å². The summed E-state index contributed by atoms with van der Waals surface area (Å²) in [5.41, 5.74) is 0.735. The zero-order valence-corrected chi connectivity index (χ0v) is 14.5. The van der Waals surface area contributed by atoms with Gasteiger partial charge in [-0.15, -0.1) is 0 Å². The third-order valence-corrected chi connectivity index (χ3v) is 3.86. The van der Waals surface area contributed by atoms with Crippen molar-refractivity contribution in [3.8, 4) is 0 Å². The van der Waals surface area contributed by atoms with E-state index < -0.39 is 0 Å². The van der Waals surface area contributed by atoms with E-state index >= 15 is 0 Å². The fourth-order valence-corrected chi connectivity index (χ4v) is 2.71. The van der Waals surface area contributed by atoms with Crippen molar-refractivity contribution in [1.82, 2.24) is 9.88 Å². The highest BCUT2D eigenvalue weighted by atomic mass is 79.9. The molecule has 20 heavy (non-hydrogen) atoms. The second kappa shape index (κ2) is 9.22. The van der Waals surface area contributed by atoms with E-state index in [1.54, 1.807) is 0 Å². The SMILES string of the molecule is CCn1cc(Br)cc1C(=O)NCCCCCCC(C)C. The van der Waals surface area contributed by atoms with Crippen molar-refractivity contribution < 1.29 is 4.79 Å². The number of halogens is 1. The molecule has 1 amide bonds. The Morgan fingerprint density at radius 2 is 2.00 bits per heavy atom. The summed E-state index contributed by atoms with van der Waals surface area (Å²) < 4.78 is 2.92. The fraction of sp³-hybridized carbons (Fsp3) is 0.688. The van der Waals surface area contributed by atoms with Crippen molar-refractivity contribution in [3.63, 3.8) is 0 Å². The van der Waals surface area contributed by atoms with Gasteiger partial charge in [0, 0.05) is 23.8 Å². The number of nitrogens with zero attached hydrogens (tertiary/aromatic N) is 1. The number of aryl methyl sites for hydroxylation is 1. The number of nitrogens with one attached hydrogen (secondary N) is 1. The van der Waals surface area contributed by atoms with Crippen LogP contribution in [0.4, 0.5) is 0 Å². The van der Waals surface area contributed by atoms with Crippen LogP contribution < -0.4 is 5.32 Å². The molecular formula is C16H27BrN2O. The van der Waals surface area contributed by atoms with Crippen LogP contribution >= 0.6 is 15.9 Å². The molecule has 1 aromatic rings. The van der Waals surface area contributed by atoms with E-state index in [1.807, 2.05) is 23.8 Å². The lowest BCUT2D eigenvalue weighted by atomic mass is 10.0. The van der Waals surface area contributed by atoms with Gasteiger partial charge in [-0.3, -0.25) is 4.79 Å². The monoisotopic (exact) mass is 342 g/mol. The Kier molecular flexibility index (Phi) is 7.97. The van der Waals surface area contributed by atoms with Crippen LogP contribution in [0, 0.1) is 5.92 Å². The second-order valence-electron chi connectivity index (χ2n) is 5.68. The van der Waals surface area contributed by atoms with Gasteiger partial charge in [-0.25, -0.2) is 0 Å². The van der Waals surface area contributed by atoms with Gasteiger partial charge in [0.1, 0.15) is 5.69 Å². The first kappa shape index (κ1) is 17.3. The van der Waals surface area contributed by atoms with E-state index in [-0.39, 0.29) is 5.91 Å². The van der Waals surface area contributed by atoms with Crippen LogP contribution in [0.2, 0.25) is 0 Å². The van der Waals surface area contributed by atoms with Crippen molar-refractivity contribution in [1.29, 1.82) is 0 Å². The van der Waals surface area contributed by atoms with Crippen LogP contribution in [0.15, 0.2) is 16.7 Å². The fourth-order valence-electron chi connectivity index (χ4n) is 2.25. The summed E-state index contributed by atoms with van der Waals surface area (Å²) in [6, 6.07) is 1.88. The molecule has 1 N–H and O–H groups in total. The van der Waals surface area contributed by atoms with Crippen LogP contribution in [-0.2, 0) is 6.54 Å². The van der Waals surface area contributed by atoms with E-state index in [4.69, 9.17) is 0 Å². The van der Waals surface area contributed by atoms with Crippen LogP contribution in [0.1, 0.15) is 63.4 Å². The summed E-state index contributed by atoms with van der Waals surface area (Å²) in [7, 11) is 0. The molecule has 0 unspecified atom stereocenters. The molecule has 1 rings (SSSR count). The molecule has 0 atom stereocenters. The molecule has 1 heterocycles. The Balaban J connectivity index is 2.20. The third kappa shape index (κ3) is 6.12. The number of hydrogen-bond acceptors (Lipinski definition) is 1. The van der Waals surface area contributed by atoms with Crippen LogP contribution in [-0.4, -0.2) is 17.0 Å². The van der Waals surface area contributed by atoms with Crippen molar-refractivity contribution in [2.24, 2.45) is 5.92 Å². The Bertz CT molecular complexity index is 413. The predicted molar refractivity (Wildman–Crippen MR) is 88.1 cm³/mol. The summed E-state index contributed by atoms with van der Waals surface area (Å²) in [4.78, 5) is 12.1. The minimum atomic E-state index is 0.0275. The van der Waals surface area contributed by atoms with Gasteiger partial charge in [-0.05, 0) is 41.3 Å². The van der Waals surface area contributed by atoms with E-state index in [0.717, 1.165) is 35.6 Å². The molecule has 0 aliphatic rings. The lowest BCUT2D eigenvalue weighted by Gasteiger charge is -2.08.